The third-order valence-electron chi connectivity index (χ3n) is 2.19. The van der Waals surface area contributed by atoms with E-state index in [2.05, 4.69) is 22.4 Å². The monoisotopic (exact) mass is 247 g/mol. The summed E-state index contributed by atoms with van der Waals surface area (Å²) in [6.45, 7) is 3.85. The lowest BCUT2D eigenvalue weighted by Gasteiger charge is -2.06. The van der Waals surface area contributed by atoms with Gasteiger partial charge in [0.2, 0.25) is 0 Å². The van der Waals surface area contributed by atoms with Crippen molar-refractivity contribution in [2.45, 2.75) is 13.8 Å². The van der Waals surface area contributed by atoms with Crippen LogP contribution in [0.1, 0.15) is 19.4 Å². The molecular weight excluding hydrogens is 234 g/mol. The van der Waals surface area contributed by atoms with Gasteiger partial charge >= 0.3 is 5.97 Å². The first-order chi connectivity index (χ1) is 8.20. The molecule has 0 aliphatic heterocycles. The van der Waals surface area contributed by atoms with Gasteiger partial charge in [0.15, 0.2) is 5.70 Å². The highest BCUT2D eigenvalue weighted by molar-refractivity contribution is 7.78. The first-order valence-electron chi connectivity index (χ1n) is 5.22. The smallest absolute Gasteiger partial charge is 0.358 e. The van der Waals surface area contributed by atoms with E-state index in [4.69, 9.17) is 4.74 Å². The molecular formula is C13H13NO2S. The minimum atomic E-state index is -0.480. The topological polar surface area (TPSA) is 38.7 Å². The number of allylic oxidation sites excluding steroid dienone is 1. The number of rotatable bonds is 4. The standard InChI is InChI=1S/C13H13NO2S/c1-3-16-13(15)12(14-9-17)10(2)11-7-5-4-6-8-11/h4-8H,3H2,1-2H3. The van der Waals surface area contributed by atoms with Gasteiger partial charge in [0.1, 0.15) is 0 Å². The van der Waals surface area contributed by atoms with Crippen LogP contribution in [0.15, 0.2) is 41.0 Å². The van der Waals surface area contributed by atoms with Crippen LogP contribution in [0.3, 0.4) is 0 Å². The molecule has 0 aliphatic carbocycles. The SMILES string of the molecule is CCOC(=O)C(N=C=S)=C(C)c1ccccc1. The van der Waals surface area contributed by atoms with Gasteiger partial charge in [-0.15, -0.1) is 0 Å². The Labute approximate surface area is 106 Å². The van der Waals surface area contributed by atoms with E-state index in [9.17, 15) is 4.79 Å². The van der Waals surface area contributed by atoms with Gasteiger partial charge in [-0.2, -0.15) is 4.99 Å². The lowest BCUT2D eigenvalue weighted by Crippen LogP contribution is -2.07. The predicted octanol–water partition coefficient (Wildman–Crippen LogP) is 3.08. The molecule has 1 aromatic carbocycles. The maximum absolute atomic E-state index is 11.7. The summed E-state index contributed by atoms with van der Waals surface area (Å²) in [6, 6.07) is 9.48. The third-order valence-corrected chi connectivity index (χ3v) is 2.28. The van der Waals surface area contributed by atoms with Gasteiger partial charge in [-0.05, 0) is 37.2 Å². The second-order valence-electron chi connectivity index (χ2n) is 3.26. The van der Waals surface area contributed by atoms with Gasteiger partial charge in [-0.3, -0.25) is 0 Å². The van der Waals surface area contributed by atoms with Crippen LogP contribution >= 0.6 is 12.2 Å². The van der Waals surface area contributed by atoms with Crippen LogP contribution in [0.25, 0.3) is 5.57 Å². The Morgan fingerprint density at radius 1 is 1.41 bits per heavy atom. The predicted molar refractivity (Wildman–Crippen MR) is 70.7 cm³/mol. The highest BCUT2D eigenvalue weighted by atomic mass is 32.1. The molecule has 88 valence electrons. The van der Waals surface area contributed by atoms with Crippen molar-refractivity contribution >= 4 is 28.9 Å². The normalized spacial score (nSPS) is 11.2. The molecule has 0 saturated carbocycles. The molecule has 3 nitrogen and oxygen atoms in total. The quantitative estimate of drug-likeness (QED) is 0.355. The number of hydrogen-bond donors (Lipinski definition) is 0. The Morgan fingerprint density at radius 3 is 2.59 bits per heavy atom. The number of thiocarbonyl (C=S) groups is 1. The average Bonchev–Trinajstić information content (AvgIpc) is 2.36. The number of ether oxygens (including phenoxy) is 1. The van der Waals surface area contributed by atoms with Crippen molar-refractivity contribution in [1.29, 1.82) is 0 Å². The van der Waals surface area contributed by atoms with E-state index in [0.29, 0.717) is 6.61 Å². The fraction of sp³-hybridized carbons (Fsp3) is 0.231. The summed E-state index contributed by atoms with van der Waals surface area (Å²) in [4.78, 5) is 15.5. The van der Waals surface area contributed by atoms with Gasteiger partial charge < -0.3 is 4.74 Å². The average molecular weight is 247 g/mol. The highest BCUT2D eigenvalue weighted by Crippen LogP contribution is 2.19. The summed E-state index contributed by atoms with van der Waals surface area (Å²) in [6.07, 6.45) is 0. The molecule has 0 unspecified atom stereocenters. The molecule has 0 amide bonds. The summed E-state index contributed by atoms with van der Waals surface area (Å²) in [5.74, 6) is -0.480. The lowest BCUT2D eigenvalue weighted by molar-refractivity contribution is -0.138. The van der Waals surface area contributed by atoms with Crippen molar-refractivity contribution in [1.82, 2.24) is 0 Å². The van der Waals surface area contributed by atoms with Crippen LogP contribution in [0, 0.1) is 0 Å². The molecule has 0 radical (unpaired) electrons. The highest BCUT2D eigenvalue weighted by Gasteiger charge is 2.14. The number of benzene rings is 1. The van der Waals surface area contributed by atoms with E-state index in [1.165, 1.54) is 0 Å². The van der Waals surface area contributed by atoms with E-state index in [0.717, 1.165) is 11.1 Å². The van der Waals surface area contributed by atoms with Crippen LogP contribution in [-0.4, -0.2) is 17.7 Å². The Bertz CT molecular complexity index is 473. The molecule has 0 saturated heterocycles. The molecule has 0 atom stereocenters. The zero-order valence-corrected chi connectivity index (χ0v) is 10.6. The number of carbonyl (C=O) groups is 1. The largest absolute Gasteiger partial charge is 0.461 e. The Morgan fingerprint density at radius 2 is 2.06 bits per heavy atom. The van der Waals surface area contributed by atoms with Crippen molar-refractivity contribution in [2.75, 3.05) is 6.61 Å². The van der Waals surface area contributed by atoms with Crippen molar-refractivity contribution in [2.24, 2.45) is 4.99 Å². The first kappa shape index (κ1) is 13.3. The van der Waals surface area contributed by atoms with Gasteiger partial charge in [0.25, 0.3) is 0 Å². The van der Waals surface area contributed by atoms with E-state index >= 15 is 0 Å². The molecule has 17 heavy (non-hydrogen) atoms. The summed E-state index contributed by atoms with van der Waals surface area (Å²) in [5.41, 5.74) is 1.83. The van der Waals surface area contributed by atoms with E-state index in [-0.39, 0.29) is 5.70 Å². The van der Waals surface area contributed by atoms with Crippen molar-refractivity contribution in [3.8, 4) is 0 Å². The minimum absolute atomic E-state index is 0.202. The molecule has 0 aliphatic rings. The molecule has 0 spiro atoms. The number of aliphatic imine (C=N–C) groups is 1. The fourth-order valence-corrected chi connectivity index (χ4v) is 1.44. The molecule has 1 rings (SSSR count). The number of esters is 1. The molecule has 0 aromatic heterocycles. The van der Waals surface area contributed by atoms with Gasteiger partial charge in [0, 0.05) is 0 Å². The number of hydrogen-bond acceptors (Lipinski definition) is 4. The summed E-state index contributed by atoms with van der Waals surface area (Å²) < 4.78 is 4.92. The second-order valence-corrected chi connectivity index (χ2v) is 3.45. The second kappa shape index (κ2) is 6.74. The Hall–Kier alpha value is -1.77. The van der Waals surface area contributed by atoms with Crippen LogP contribution < -0.4 is 0 Å². The molecule has 0 fully saturated rings. The Balaban J connectivity index is 3.20. The lowest BCUT2D eigenvalue weighted by atomic mass is 10.1. The summed E-state index contributed by atoms with van der Waals surface area (Å²) >= 11 is 4.54. The molecule has 1 aromatic rings. The zero-order chi connectivity index (χ0) is 12.7. The van der Waals surface area contributed by atoms with Crippen molar-refractivity contribution in [3.05, 3.63) is 41.6 Å². The van der Waals surface area contributed by atoms with E-state index < -0.39 is 5.97 Å². The number of isothiocyanates is 1. The summed E-state index contributed by atoms with van der Waals surface area (Å²) in [5, 5.41) is 2.21. The maximum Gasteiger partial charge on any atom is 0.358 e. The molecule has 0 bridgehead atoms. The third kappa shape index (κ3) is 3.63. The first-order valence-corrected chi connectivity index (χ1v) is 5.62. The van der Waals surface area contributed by atoms with Crippen LogP contribution in [0.2, 0.25) is 0 Å². The van der Waals surface area contributed by atoms with Crippen LogP contribution in [0.4, 0.5) is 0 Å². The van der Waals surface area contributed by atoms with Gasteiger partial charge in [-0.25, -0.2) is 4.79 Å². The van der Waals surface area contributed by atoms with Crippen LogP contribution in [0.5, 0.6) is 0 Å². The van der Waals surface area contributed by atoms with Gasteiger partial charge in [0.05, 0.1) is 11.8 Å². The maximum atomic E-state index is 11.7. The molecule has 0 N–H and O–H groups in total. The molecule has 4 heteroatoms. The Kier molecular flexibility index (Phi) is 5.27. The fourth-order valence-electron chi connectivity index (χ4n) is 1.35. The number of carbonyl (C=O) groups excluding carboxylic acids is 1. The summed E-state index contributed by atoms with van der Waals surface area (Å²) in [7, 11) is 0. The van der Waals surface area contributed by atoms with Crippen molar-refractivity contribution in [3.63, 3.8) is 0 Å². The zero-order valence-electron chi connectivity index (χ0n) is 9.77. The van der Waals surface area contributed by atoms with E-state index in [1.807, 2.05) is 30.3 Å². The van der Waals surface area contributed by atoms with Gasteiger partial charge in [-0.1, -0.05) is 30.3 Å². The minimum Gasteiger partial charge on any atom is -0.461 e. The number of nitrogens with zero attached hydrogens (tertiary/aromatic N) is 1. The van der Waals surface area contributed by atoms with E-state index in [1.54, 1.807) is 13.8 Å². The van der Waals surface area contributed by atoms with Crippen molar-refractivity contribution < 1.29 is 9.53 Å². The molecule has 0 heterocycles. The van der Waals surface area contributed by atoms with Crippen LogP contribution in [-0.2, 0) is 9.53 Å².